The third-order valence-electron chi connectivity index (χ3n) is 2.86. The van der Waals surface area contributed by atoms with E-state index in [0.29, 0.717) is 6.54 Å². The van der Waals surface area contributed by atoms with Gasteiger partial charge in [0.05, 0.1) is 6.42 Å². The summed E-state index contributed by atoms with van der Waals surface area (Å²) >= 11 is 1.64. The quantitative estimate of drug-likeness (QED) is 0.806. The number of hydrogen-bond donors (Lipinski definition) is 2. The number of urea groups is 1. The second-order valence-corrected chi connectivity index (χ2v) is 5.13. The van der Waals surface area contributed by atoms with Crippen molar-refractivity contribution >= 4 is 23.3 Å². The van der Waals surface area contributed by atoms with E-state index in [1.54, 1.807) is 16.2 Å². The maximum absolute atomic E-state index is 12.0. The van der Waals surface area contributed by atoms with Gasteiger partial charge in [-0.15, -0.1) is 0 Å². The molecule has 1 heterocycles. The predicted molar refractivity (Wildman–Crippen MR) is 75.5 cm³/mol. The molecule has 0 spiro atoms. The molecule has 5 nitrogen and oxygen atoms in total. The Hall–Kier alpha value is -1.56. The van der Waals surface area contributed by atoms with E-state index in [2.05, 4.69) is 16.8 Å². The van der Waals surface area contributed by atoms with E-state index in [4.69, 9.17) is 5.11 Å². The molecule has 0 fully saturated rings. The molecule has 106 valence electrons. The predicted octanol–water partition coefficient (Wildman–Crippen LogP) is 2.19. The Morgan fingerprint density at radius 2 is 2.26 bits per heavy atom. The van der Waals surface area contributed by atoms with Crippen LogP contribution in [0.2, 0.25) is 0 Å². The summed E-state index contributed by atoms with van der Waals surface area (Å²) in [6.45, 7) is 4.68. The average Bonchev–Trinajstić information content (AvgIpc) is 2.82. The zero-order chi connectivity index (χ0) is 14.3. The van der Waals surface area contributed by atoms with Crippen molar-refractivity contribution in [3.05, 3.63) is 22.4 Å². The SMILES string of the molecule is CCN(C(=O)NCCC(=O)O)C(C)Cc1ccsc1. The van der Waals surface area contributed by atoms with Gasteiger partial charge < -0.3 is 15.3 Å². The highest BCUT2D eigenvalue weighted by atomic mass is 32.1. The summed E-state index contributed by atoms with van der Waals surface area (Å²) in [4.78, 5) is 24.1. The zero-order valence-electron chi connectivity index (χ0n) is 11.3. The molecule has 19 heavy (non-hydrogen) atoms. The highest BCUT2D eigenvalue weighted by Gasteiger charge is 2.18. The summed E-state index contributed by atoms with van der Waals surface area (Å²) < 4.78 is 0. The number of rotatable bonds is 7. The zero-order valence-corrected chi connectivity index (χ0v) is 12.1. The summed E-state index contributed by atoms with van der Waals surface area (Å²) in [6, 6.07) is 1.94. The van der Waals surface area contributed by atoms with Crippen LogP contribution in [0.3, 0.4) is 0 Å². The van der Waals surface area contributed by atoms with Gasteiger partial charge in [-0.1, -0.05) is 0 Å². The molecule has 0 aromatic carbocycles. The minimum atomic E-state index is -0.908. The number of nitrogens with one attached hydrogen (secondary N) is 1. The molecule has 1 aromatic heterocycles. The molecule has 6 heteroatoms. The molecule has 0 radical (unpaired) electrons. The van der Waals surface area contributed by atoms with Crippen molar-refractivity contribution in [3.8, 4) is 0 Å². The van der Waals surface area contributed by atoms with Gasteiger partial charge in [-0.2, -0.15) is 11.3 Å². The lowest BCUT2D eigenvalue weighted by molar-refractivity contribution is -0.136. The first kappa shape index (κ1) is 15.5. The summed E-state index contributed by atoms with van der Waals surface area (Å²) in [6.07, 6.45) is 0.756. The molecule has 0 saturated heterocycles. The van der Waals surface area contributed by atoms with E-state index in [-0.39, 0.29) is 25.0 Å². The molecular formula is C13H20N2O3S. The molecule has 1 atom stereocenters. The number of nitrogens with zero attached hydrogens (tertiary/aromatic N) is 1. The summed E-state index contributed by atoms with van der Waals surface area (Å²) in [7, 11) is 0. The van der Waals surface area contributed by atoms with Crippen LogP contribution < -0.4 is 5.32 Å². The highest BCUT2D eigenvalue weighted by molar-refractivity contribution is 7.07. The Morgan fingerprint density at radius 3 is 2.79 bits per heavy atom. The summed E-state index contributed by atoms with van der Waals surface area (Å²) in [5.74, 6) is -0.908. The van der Waals surface area contributed by atoms with Crippen molar-refractivity contribution in [2.45, 2.75) is 32.7 Å². The Balaban J connectivity index is 2.46. The van der Waals surface area contributed by atoms with E-state index in [0.717, 1.165) is 6.42 Å². The van der Waals surface area contributed by atoms with Crippen LogP contribution in [0.1, 0.15) is 25.8 Å². The third kappa shape index (κ3) is 5.30. The number of carbonyl (C=O) groups is 2. The number of carbonyl (C=O) groups excluding carboxylic acids is 1. The normalized spacial score (nSPS) is 11.9. The van der Waals surface area contributed by atoms with Gasteiger partial charge in [-0.25, -0.2) is 4.79 Å². The van der Waals surface area contributed by atoms with Crippen LogP contribution in [0.25, 0.3) is 0 Å². The van der Waals surface area contributed by atoms with Gasteiger partial charge in [-0.05, 0) is 42.7 Å². The standard InChI is InChI=1S/C13H20N2O3S/c1-3-15(13(18)14-6-4-12(16)17)10(2)8-11-5-7-19-9-11/h5,7,9-10H,3-4,6,8H2,1-2H3,(H,14,18)(H,16,17). The largest absolute Gasteiger partial charge is 0.481 e. The lowest BCUT2D eigenvalue weighted by Crippen LogP contribution is -2.46. The van der Waals surface area contributed by atoms with E-state index in [1.165, 1.54) is 5.56 Å². The smallest absolute Gasteiger partial charge is 0.317 e. The van der Waals surface area contributed by atoms with E-state index < -0.39 is 5.97 Å². The Bertz CT molecular complexity index is 406. The number of likely N-dealkylation sites (N-methyl/N-ethyl adjacent to an activating group) is 1. The number of carboxylic acid groups (broad SMARTS) is 1. The van der Waals surface area contributed by atoms with Crippen LogP contribution in [0.15, 0.2) is 16.8 Å². The molecule has 0 bridgehead atoms. The van der Waals surface area contributed by atoms with Gasteiger partial charge in [-0.3, -0.25) is 4.79 Å². The highest BCUT2D eigenvalue weighted by Crippen LogP contribution is 2.12. The minimum Gasteiger partial charge on any atom is -0.481 e. The Morgan fingerprint density at radius 1 is 1.53 bits per heavy atom. The molecule has 2 amide bonds. The fourth-order valence-electron chi connectivity index (χ4n) is 1.89. The molecule has 1 rings (SSSR count). The van der Waals surface area contributed by atoms with E-state index in [1.807, 2.05) is 19.2 Å². The van der Waals surface area contributed by atoms with Crippen molar-refractivity contribution in [2.75, 3.05) is 13.1 Å². The fraction of sp³-hybridized carbons (Fsp3) is 0.538. The molecular weight excluding hydrogens is 264 g/mol. The van der Waals surface area contributed by atoms with Crippen LogP contribution in [0, 0.1) is 0 Å². The lowest BCUT2D eigenvalue weighted by atomic mass is 10.1. The maximum Gasteiger partial charge on any atom is 0.317 e. The maximum atomic E-state index is 12.0. The number of aliphatic carboxylic acids is 1. The number of amides is 2. The summed E-state index contributed by atoms with van der Waals surface area (Å²) in [5.41, 5.74) is 1.22. The number of carboxylic acids is 1. The topological polar surface area (TPSA) is 69.6 Å². The van der Waals surface area contributed by atoms with Crippen molar-refractivity contribution in [2.24, 2.45) is 0 Å². The van der Waals surface area contributed by atoms with Crippen molar-refractivity contribution in [1.29, 1.82) is 0 Å². The van der Waals surface area contributed by atoms with Gasteiger partial charge in [0.25, 0.3) is 0 Å². The number of thiophene rings is 1. The van der Waals surface area contributed by atoms with Crippen molar-refractivity contribution in [1.82, 2.24) is 10.2 Å². The second kappa shape index (κ2) is 7.78. The first-order chi connectivity index (χ1) is 9.04. The van der Waals surface area contributed by atoms with Gasteiger partial charge in [0.2, 0.25) is 0 Å². The Labute approximate surface area is 117 Å². The second-order valence-electron chi connectivity index (χ2n) is 4.35. The van der Waals surface area contributed by atoms with Crippen LogP contribution in [-0.2, 0) is 11.2 Å². The minimum absolute atomic E-state index is 0.0534. The van der Waals surface area contributed by atoms with Gasteiger partial charge in [0.15, 0.2) is 0 Å². The van der Waals surface area contributed by atoms with Crippen LogP contribution in [0.5, 0.6) is 0 Å². The molecule has 0 aliphatic heterocycles. The lowest BCUT2D eigenvalue weighted by Gasteiger charge is -2.28. The van der Waals surface area contributed by atoms with E-state index >= 15 is 0 Å². The van der Waals surface area contributed by atoms with Crippen molar-refractivity contribution in [3.63, 3.8) is 0 Å². The Kier molecular flexibility index (Phi) is 6.35. The first-order valence-corrected chi connectivity index (χ1v) is 7.26. The summed E-state index contributed by atoms with van der Waals surface area (Å²) in [5, 5.41) is 15.3. The molecule has 1 unspecified atom stereocenters. The average molecular weight is 284 g/mol. The number of hydrogen-bond acceptors (Lipinski definition) is 3. The molecule has 0 saturated carbocycles. The van der Waals surface area contributed by atoms with E-state index in [9.17, 15) is 9.59 Å². The van der Waals surface area contributed by atoms with Gasteiger partial charge >= 0.3 is 12.0 Å². The molecule has 0 aliphatic rings. The monoisotopic (exact) mass is 284 g/mol. The van der Waals surface area contributed by atoms with Crippen LogP contribution in [-0.4, -0.2) is 41.1 Å². The first-order valence-electron chi connectivity index (χ1n) is 6.32. The van der Waals surface area contributed by atoms with Crippen LogP contribution >= 0.6 is 11.3 Å². The van der Waals surface area contributed by atoms with Gasteiger partial charge in [0.1, 0.15) is 0 Å². The van der Waals surface area contributed by atoms with Crippen LogP contribution in [0.4, 0.5) is 4.79 Å². The third-order valence-corrected chi connectivity index (χ3v) is 3.59. The van der Waals surface area contributed by atoms with Gasteiger partial charge in [0, 0.05) is 19.1 Å². The fourth-order valence-corrected chi connectivity index (χ4v) is 2.57. The van der Waals surface area contributed by atoms with Crippen molar-refractivity contribution < 1.29 is 14.7 Å². The molecule has 0 aliphatic carbocycles. The molecule has 2 N–H and O–H groups in total. The molecule has 1 aromatic rings.